The molecule has 0 amide bonds. The van der Waals surface area contributed by atoms with Crippen LogP contribution in [0.15, 0.2) is 36.4 Å². The summed E-state index contributed by atoms with van der Waals surface area (Å²) in [4.78, 5) is 0. The van der Waals surface area contributed by atoms with Gasteiger partial charge in [-0.05, 0) is 54.3 Å². The van der Waals surface area contributed by atoms with E-state index >= 15 is 0 Å². The number of aliphatic hydroxyl groups is 2. The lowest BCUT2D eigenvalue weighted by atomic mass is 10.1. The largest absolute Gasteiger partial charge is 0.508 e. The van der Waals surface area contributed by atoms with E-state index in [-0.39, 0.29) is 24.7 Å². The predicted octanol–water partition coefficient (Wildman–Crippen LogP) is 2.39. The number of hydrogen-bond acceptors (Lipinski definition) is 4. The fraction of sp³-hybridized carbons (Fsp3) is 0.250. The van der Waals surface area contributed by atoms with Gasteiger partial charge in [0, 0.05) is 0 Å². The molecule has 20 heavy (non-hydrogen) atoms. The molecule has 0 radical (unpaired) electrons. The lowest BCUT2D eigenvalue weighted by molar-refractivity contribution is 0.281. The molecule has 0 heterocycles. The number of hydrogen-bond donors (Lipinski definition) is 4. The second kappa shape index (κ2) is 7.53. The van der Waals surface area contributed by atoms with Crippen molar-refractivity contribution in [2.75, 3.05) is 0 Å². The monoisotopic (exact) mass is 276 g/mol. The van der Waals surface area contributed by atoms with E-state index in [0.29, 0.717) is 0 Å². The van der Waals surface area contributed by atoms with Crippen molar-refractivity contribution in [2.45, 2.75) is 27.1 Å². The molecular weight excluding hydrogens is 256 g/mol. The Balaban J connectivity index is 0.000000200. The van der Waals surface area contributed by atoms with Gasteiger partial charge in [-0.1, -0.05) is 18.2 Å². The molecule has 0 saturated carbocycles. The topological polar surface area (TPSA) is 80.9 Å². The van der Waals surface area contributed by atoms with Gasteiger partial charge in [-0.2, -0.15) is 0 Å². The molecule has 0 aliphatic carbocycles. The van der Waals surface area contributed by atoms with E-state index < -0.39 is 0 Å². The van der Waals surface area contributed by atoms with Gasteiger partial charge in [0.15, 0.2) is 0 Å². The molecular formula is C16H20O4. The Kier molecular flexibility index (Phi) is 6.03. The van der Waals surface area contributed by atoms with E-state index in [4.69, 9.17) is 20.4 Å². The standard InChI is InChI=1S/2C8H10O2/c1-6-2-7(5-9)4-8(10)3-6;1-6-4-7(5-9)2-3-8(6)10/h2*2-4,9-10H,5H2,1H3. The minimum absolute atomic E-state index is 0.0186. The fourth-order valence-electron chi connectivity index (χ4n) is 1.75. The molecule has 0 fully saturated rings. The highest BCUT2D eigenvalue weighted by atomic mass is 16.3. The third-order valence-corrected chi connectivity index (χ3v) is 2.75. The van der Waals surface area contributed by atoms with E-state index in [2.05, 4.69) is 0 Å². The highest BCUT2D eigenvalue weighted by molar-refractivity contribution is 5.34. The highest BCUT2D eigenvalue weighted by Gasteiger charge is 1.95. The average Bonchev–Trinajstić information content (AvgIpc) is 2.41. The van der Waals surface area contributed by atoms with E-state index in [1.165, 1.54) is 0 Å². The normalized spacial score (nSPS) is 9.80. The maximum Gasteiger partial charge on any atom is 0.118 e. The van der Waals surface area contributed by atoms with Crippen molar-refractivity contribution >= 4 is 0 Å². The maximum atomic E-state index is 9.06. The van der Waals surface area contributed by atoms with Crippen molar-refractivity contribution in [2.24, 2.45) is 0 Å². The van der Waals surface area contributed by atoms with E-state index in [1.807, 2.05) is 13.0 Å². The number of aryl methyl sites for hydroxylation is 2. The lowest BCUT2D eigenvalue weighted by Crippen LogP contribution is -1.83. The van der Waals surface area contributed by atoms with Crippen LogP contribution in [0.25, 0.3) is 0 Å². The van der Waals surface area contributed by atoms with Gasteiger partial charge >= 0.3 is 0 Å². The Morgan fingerprint density at radius 2 is 1.45 bits per heavy atom. The van der Waals surface area contributed by atoms with Gasteiger partial charge in [0.05, 0.1) is 13.2 Å². The Bertz CT molecular complexity index is 544. The van der Waals surface area contributed by atoms with Gasteiger partial charge in [0.1, 0.15) is 11.5 Å². The van der Waals surface area contributed by atoms with Crippen LogP contribution in [0.4, 0.5) is 0 Å². The molecule has 0 atom stereocenters. The molecule has 0 aliphatic heterocycles. The molecule has 0 aromatic heterocycles. The SMILES string of the molecule is Cc1cc(CO)ccc1O.Cc1cc(O)cc(CO)c1. The zero-order chi connectivity index (χ0) is 15.1. The summed E-state index contributed by atoms with van der Waals surface area (Å²) in [7, 11) is 0. The van der Waals surface area contributed by atoms with Crippen LogP contribution < -0.4 is 0 Å². The van der Waals surface area contributed by atoms with E-state index in [9.17, 15) is 0 Å². The first kappa shape index (κ1) is 16.0. The molecule has 0 spiro atoms. The first-order valence-electron chi connectivity index (χ1n) is 6.26. The summed E-state index contributed by atoms with van der Waals surface area (Å²) < 4.78 is 0. The summed E-state index contributed by atoms with van der Waals surface area (Å²) >= 11 is 0. The molecule has 0 bridgehead atoms. The number of phenolic OH excluding ortho intramolecular Hbond substituents is 2. The molecule has 108 valence electrons. The number of aliphatic hydroxyl groups excluding tert-OH is 2. The summed E-state index contributed by atoms with van der Waals surface area (Å²) in [6.07, 6.45) is 0. The Morgan fingerprint density at radius 3 is 1.95 bits per heavy atom. The van der Waals surface area contributed by atoms with Crippen LogP contribution in [0.1, 0.15) is 22.3 Å². The molecule has 0 saturated heterocycles. The summed E-state index contributed by atoms with van der Waals surface area (Å²) in [5.41, 5.74) is 3.34. The van der Waals surface area contributed by atoms with Crippen LogP contribution in [0.5, 0.6) is 11.5 Å². The van der Waals surface area contributed by atoms with Gasteiger partial charge in [0.25, 0.3) is 0 Å². The first-order chi connectivity index (χ1) is 9.46. The summed E-state index contributed by atoms with van der Waals surface area (Å²) in [6, 6.07) is 10.1. The van der Waals surface area contributed by atoms with Crippen molar-refractivity contribution in [3.8, 4) is 11.5 Å². The summed E-state index contributed by atoms with van der Waals surface area (Å²) in [6.45, 7) is 3.68. The van der Waals surface area contributed by atoms with Crippen LogP contribution in [0.2, 0.25) is 0 Å². The lowest BCUT2D eigenvalue weighted by Gasteiger charge is -1.99. The predicted molar refractivity (Wildman–Crippen MR) is 77.5 cm³/mol. The molecule has 4 N–H and O–H groups in total. The maximum absolute atomic E-state index is 9.06. The zero-order valence-corrected chi connectivity index (χ0v) is 11.7. The summed E-state index contributed by atoms with van der Waals surface area (Å²) in [5.74, 6) is 0.487. The molecule has 2 rings (SSSR count). The van der Waals surface area contributed by atoms with Crippen LogP contribution in [-0.2, 0) is 13.2 Å². The quantitative estimate of drug-likeness (QED) is 0.679. The second-order valence-corrected chi connectivity index (χ2v) is 4.61. The third kappa shape index (κ3) is 4.91. The second-order valence-electron chi connectivity index (χ2n) is 4.61. The van der Waals surface area contributed by atoms with Crippen LogP contribution in [0.3, 0.4) is 0 Å². The minimum atomic E-state index is -0.0186. The van der Waals surface area contributed by atoms with Crippen molar-refractivity contribution in [1.82, 2.24) is 0 Å². The molecule has 4 nitrogen and oxygen atoms in total. The summed E-state index contributed by atoms with van der Waals surface area (Å²) in [5, 5.41) is 35.4. The molecule has 2 aromatic rings. The van der Waals surface area contributed by atoms with Crippen LogP contribution in [-0.4, -0.2) is 20.4 Å². The molecule has 2 aromatic carbocycles. The highest BCUT2D eigenvalue weighted by Crippen LogP contribution is 2.16. The number of phenols is 2. The van der Waals surface area contributed by atoms with Crippen molar-refractivity contribution < 1.29 is 20.4 Å². The Hall–Kier alpha value is -2.04. The number of benzene rings is 2. The number of rotatable bonds is 2. The zero-order valence-electron chi connectivity index (χ0n) is 11.7. The van der Waals surface area contributed by atoms with Crippen LogP contribution in [0, 0.1) is 13.8 Å². The third-order valence-electron chi connectivity index (χ3n) is 2.75. The van der Waals surface area contributed by atoms with E-state index in [1.54, 1.807) is 37.3 Å². The van der Waals surface area contributed by atoms with Crippen molar-refractivity contribution in [3.05, 3.63) is 58.7 Å². The average molecular weight is 276 g/mol. The molecule has 0 unspecified atom stereocenters. The molecule has 4 heteroatoms. The van der Waals surface area contributed by atoms with Gasteiger partial charge < -0.3 is 20.4 Å². The van der Waals surface area contributed by atoms with Crippen LogP contribution >= 0.6 is 0 Å². The van der Waals surface area contributed by atoms with Gasteiger partial charge in [-0.15, -0.1) is 0 Å². The smallest absolute Gasteiger partial charge is 0.118 e. The van der Waals surface area contributed by atoms with Gasteiger partial charge in [0.2, 0.25) is 0 Å². The first-order valence-corrected chi connectivity index (χ1v) is 6.26. The van der Waals surface area contributed by atoms with Crippen molar-refractivity contribution in [1.29, 1.82) is 0 Å². The fourth-order valence-corrected chi connectivity index (χ4v) is 1.75. The number of aromatic hydroxyl groups is 2. The Labute approximate surface area is 118 Å². The van der Waals surface area contributed by atoms with E-state index in [0.717, 1.165) is 22.3 Å². The minimum Gasteiger partial charge on any atom is -0.508 e. The van der Waals surface area contributed by atoms with Crippen molar-refractivity contribution in [3.63, 3.8) is 0 Å². The van der Waals surface area contributed by atoms with Gasteiger partial charge in [-0.25, -0.2) is 0 Å². The molecule has 0 aliphatic rings. The van der Waals surface area contributed by atoms with Gasteiger partial charge in [-0.3, -0.25) is 0 Å². The Morgan fingerprint density at radius 1 is 0.800 bits per heavy atom.